The number of esters is 1. The summed E-state index contributed by atoms with van der Waals surface area (Å²) in [6.45, 7) is 1.59. The summed E-state index contributed by atoms with van der Waals surface area (Å²) in [6.07, 6.45) is 0. The predicted octanol–water partition coefficient (Wildman–Crippen LogP) is 3.17. The average Bonchev–Trinajstić information content (AvgIpc) is 2.50. The van der Waals surface area contributed by atoms with Gasteiger partial charge in [0, 0.05) is 11.3 Å². The van der Waals surface area contributed by atoms with E-state index in [1.54, 1.807) is 31.2 Å². The second-order valence-electron chi connectivity index (χ2n) is 4.49. The van der Waals surface area contributed by atoms with E-state index in [2.05, 4.69) is 10.1 Å². The van der Waals surface area contributed by atoms with Gasteiger partial charge in [0.15, 0.2) is 0 Å². The van der Waals surface area contributed by atoms with Gasteiger partial charge in [-0.2, -0.15) is 0 Å². The van der Waals surface area contributed by atoms with E-state index in [1.165, 1.54) is 25.3 Å². The zero-order valence-electron chi connectivity index (χ0n) is 11.6. The number of anilines is 1. The Kier molecular flexibility index (Phi) is 4.33. The van der Waals surface area contributed by atoms with Crippen molar-refractivity contribution in [1.29, 1.82) is 0 Å². The zero-order chi connectivity index (χ0) is 15.4. The molecular weight excluding hydrogens is 273 g/mol. The molecule has 1 amide bonds. The first kappa shape index (κ1) is 14.7. The van der Waals surface area contributed by atoms with Crippen molar-refractivity contribution in [3.05, 3.63) is 65.0 Å². The van der Waals surface area contributed by atoms with Crippen molar-refractivity contribution < 1.29 is 18.7 Å². The largest absolute Gasteiger partial charge is 0.465 e. The monoisotopic (exact) mass is 287 g/mol. The Labute approximate surface area is 121 Å². The summed E-state index contributed by atoms with van der Waals surface area (Å²) < 4.78 is 17.8. The van der Waals surface area contributed by atoms with Gasteiger partial charge in [-0.1, -0.05) is 0 Å². The standard InChI is InChI=1S/C16H14FNO3/c1-10-9-12(5-8-14(10)17)15(19)18-13-6-3-11(4-7-13)16(20)21-2/h3-9H,1-2H3,(H,18,19). The smallest absolute Gasteiger partial charge is 0.337 e. The van der Waals surface area contributed by atoms with E-state index in [1.807, 2.05) is 0 Å². The van der Waals surface area contributed by atoms with Gasteiger partial charge >= 0.3 is 5.97 Å². The molecule has 2 aromatic rings. The van der Waals surface area contributed by atoms with Gasteiger partial charge in [-0.25, -0.2) is 9.18 Å². The number of aryl methyl sites for hydroxylation is 1. The number of rotatable bonds is 3. The fourth-order valence-electron chi connectivity index (χ4n) is 1.80. The molecule has 5 heteroatoms. The van der Waals surface area contributed by atoms with Crippen molar-refractivity contribution in [3.63, 3.8) is 0 Å². The quantitative estimate of drug-likeness (QED) is 0.882. The molecule has 0 atom stereocenters. The number of hydrogen-bond acceptors (Lipinski definition) is 3. The Balaban J connectivity index is 2.12. The number of methoxy groups -OCH3 is 1. The number of hydrogen-bond donors (Lipinski definition) is 1. The number of halogens is 1. The molecule has 0 aromatic heterocycles. The minimum Gasteiger partial charge on any atom is -0.465 e. The van der Waals surface area contributed by atoms with Crippen molar-refractivity contribution in [2.24, 2.45) is 0 Å². The van der Waals surface area contributed by atoms with E-state index in [0.29, 0.717) is 22.4 Å². The van der Waals surface area contributed by atoms with Crippen LogP contribution in [0, 0.1) is 12.7 Å². The highest BCUT2D eigenvalue weighted by molar-refractivity contribution is 6.04. The molecule has 0 heterocycles. The van der Waals surface area contributed by atoms with E-state index in [-0.39, 0.29) is 11.7 Å². The molecule has 108 valence electrons. The molecule has 0 bridgehead atoms. The van der Waals surface area contributed by atoms with Crippen LogP contribution in [0.3, 0.4) is 0 Å². The lowest BCUT2D eigenvalue weighted by molar-refractivity contribution is 0.0600. The summed E-state index contributed by atoms with van der Waals surface area (Å²) in [6, 6.07) is 10.5. The van der Waals surface area contributed by atoms with Crippen LogP contribution >= 0.6 is 0 Å². The van der Waals surface area contributed by atoms with E-state index in [4.69, 9.17) is 0 Å². The van der Waals surface area contributed by atoms with Crippen molar-refractivity contribution >= 4 is 17.6 Å². The van der Waals surface area contributed by atoms with Gasteiger partial charge in [0.2, 0.25) is 0 Å². The number of carbonyl (C=O) groups excluding carboxylic acids is 2. The summed E-state index contributed by atoms with van der Waals surface area (Å²) in [5.74, 6) is -1.14. The first-order valence-corrected chi connectivity index (χ1v) is 6.27. The van der Waals surface area contributed by atoms with Crippen LogP contribution in [0.2, 0.25) is 0 Å². The highest BCUT2D eigenvalue weighted by Crippen LogP contribution is 2.14. The molecule has 0 aliphatic rings. The Morgan fingerprint density at radius 2 is 1.67 bits per heavy atom. The molecule has 0 saturated carbocycles. The van der Waals surface area contributed by atoms with Gasteiger partial charge in [-0.3, -0.25) is 4.79 Å². The highest BCUT2D eigenvalue weighted by Gasteiger charge is 2.09. The summed E-state index contributed by atoms with van der Waals surface area (Å²) in [5, 5.41) is 2.68. The molecule has 0 aliphatic carbocycles. The van der Waals surface area contributed by atoms with Gasteiger partial charge in [-0.05, 0) is 55.0 Å². The predicted molar refractivity (Wildman–Crippen MR) is 76.9 cm³/mol. The van der Waals surface area contributed by atoms with Gasteiger partial charge in [-0.15, -0.1) is 0 Å². The Morgan fingerprint density at radius 3 is 2.24 bits per heavy atom. The number of nitrogens with one attached hydrogen (secondary N) is 1. The fraction of sp³-hybridized carbons (Fsp3) is 0.125. The van der Waals surface area contributed by atoms with Crippen molar-refractivity contribution in [1.82, 2.24) is 0 Å². The molecule has 4 nitrogen and oxygen atoms in total. The third-order valence-electron chi connectivity index (χ3n) is 2.98. The van der Waals surface area contributed by atoms with E-state index >= 15 is 0 Å². The average molecular weight is 287 g/mol. The van der Waals surface area contributed by atoms with E-state index in [9.17, 15) is 14.0 Å². The molecular formula is C16H14FNO3. The summed E-state index contributed by atoms with van der Waals surface area (Å²) in [4.78, 5) is 23.3. The lowest BCUT2D eigenvalue weighted by Gasteiger charge is -2.07. The summed E-state index contributed by atoms with van der Waals surface area (Å²) >= 11 is 0. The van der Waals surface area contributed by atoms with Crippen LogP contribution in [0.15, 0.2) is 42.5 Å². The van der Waals surface area contributed by atoms with Crippen LogP contribution in [-0.2, 0) is 4.74 Å². The van der Waals surface area contributed by atoms with Gasteiger partial charge in [0.1, 0.15) is 5.82 Å². The minimum absolute atomic E-state index is 0.344. The molecule has 0 fully saturated rings. The number of benzene rings is 2. The Morgan fingerprint density at radius 1 is 1.05 bits per heavy atom. The molecule has 1 N–H and O–H groups in total. The van der Waals surface area contributed by atoms with Gasteiger partial charge in [0.05, 0.1) is 12.7 Å². The Bertz CT molecular complexity index is 680. The maximum Gasteiger partial charge on any atom is 0.337 e. The molecule has 2 aromatic carbocycles. The normalized spacial score (nSPS) is 10.0. The summed E-state index contributed by atoms with van der Waals surface area (Å²) in [5.41, 5.74) is 1.71. The minimum atomic E-state index is -0.443. The van der Waals surface area contributed by atoms with Gasteiger partial charge in [0.25, 0.3) is 5.91 Å². The maximum absolute atomic E-state index is 13.2. The first-order valence-electron chi connectivity index (χ1n) is 6.27. The second kappa shape index (κ2) is 6.17. The van der Waals surface area contributed by atoms with Crippen LogP contribution in [-0.4, -0.2) is 19.0 Å². The Hall–Kier alpha value is -2.69. The highest BCUT2D eigenvalue weighted by atomic mass is 19.1. The fourth-order valence-corrected chi connectivity index (χ4v) is 1.80. The van der Waals surface area contributed by atoms with Crippen LogP contribution in [0.25, 0.3) is 0 Å². The van der Waals surface area contributed by atoms with Crippen LogP contribution < -0.4 is 5.32 Å². The van der Waals surface area contributed by atoms with Crippen molar-refractivity contribution in [3.8, 4) is 0 Å². The van der Waals surface area contributed by atoms with Crippen LogP contribution in [0.1, 0.15) is 26.3 Å². The zero-order valence-corrected chi connectivity index (χ0v) is 11.6. The second-order valence-corrected chi connectivity index (χ2v) is 4.49. The number of ether oxygens (including phenoxy) is 1. The first-order chi connectivity index (χ1) is 10.0. The third kappa shape index (κ3) is 3.45. The number of carbonyl (C=O) groups is 2. The topological polar surface area (TPSA) is 55.4 Å². The number of amides is 1. The maximum atomic E-state index is 13.2. The summed E-state index contributed by atoms with van der Waals surface area (Å²) in [7, 11) is 1.30. The van der Waals surface area contributed by atoms with Crippen LogP contribution in [0.5, 0.6) is 0 Å². The SMILES string of the molecule is COC(=O)c1ccc(NC(=O)c2ccc(F)c(C)c2)cc1. The molecule has 0 radical (unpaired) electrons. The molecule has 0 aliphatic heterocycles. The van der Waals surface area contributed by atoms with Gasteiger partial charge < -0.3 is 10.1 Å². The molecule has 0 unspecified atom stereocenters. The van der Waals surface area contributed by atoms with Crippen molar-refractivity contribution in [2.45, 2.75) is 6.92 Å². The molecule has 21 heavy (non-hydrogen) atoms. The van der Waals surface area contributed by atoms with Crippen molar-refractivity contribution in [2.75, 3.05) is 12.4 Å². The molecule has 0 spiro atoms. The van der Waals surface area contributed by atoms with E-state index in [0.717, 1.165) is 0 Å². The lowest BCUT2D eigenvalue weighted by Crippen LogP contribution is -2.12. The van der Waals surface area contributed by atoms with Crippen LogP contribution in [0.4, 0.5) is 10.1 Å². The van der Waals surface area contributed by atoms with E-state index < -0.39 is 5.97 Å². The lowest BCUT2D eigenvalue weighted by atomic mass is 10.1. The molecule has 2 rings (SSSR count). The third-order valence-corrected chi connectivity index (χ3v) is 2.98. The molecule has 0 saturated heterocycles.